The van der Waals surface area contributed by atoms with Gasteiger partial charge in [0.05, 0.1) is 22.1 Å². The van der Waals surface area contributed by atoms with E-state index in [1.54, 1.807) is 0 Å². The molecule has 10 aromatic carbocycles. The summed E-state index contributed by atoms with van der Waals surface area (Å²) in [6.45, 7) is 4.73. The van der Waals surface area contributed by atoms with Crippen molar-refractivity contribution < 1.29 is 0 Å². The summed E-state index contributed by atoms with van der Waals surface area (Å²) in [7, 11) is 0. The van der Waals surface area contributed by atoms with Crippen LogP contribution in [0.2, 0.25) is 0 Å². The van der Waals surface area contributed by atoms with Gasteiger partial charge in [0, 0.05) is 43.0 Å². The first-order valence-corrected chi connectivity index (χ1v) is 24.2. The molecule has 0 radical (unpaired) electrons. The van der Waals surface area contributed by atoms with Crippen LogP contribution in [0.25, 0.3) is 60.9 Å². The fourth-order valence-corrected chi connectivity index (χ4v) is 13.4. The van der Waals surface area contributed by atoms with E-state index in [0.29, 0.717) is 0 Å². The summed E-state index contributed by atoms with van der Waals surface area (Å²) < 4.78 is 2.52. The summed E-state index contributed by atoms with van der Waals surface area (Å²) in [5.74, 6) is 0. The Bertz CT molecular complexity index is 3800. The first-order chi connectivity index (χ1) is 33.0. The Morgan fingerprint density at radius 1 is 0.388 bits per heavy atom. The van der Waals surface area contributed by atoms with Gasteiger partial charge >= 0.3 is 0 Å². The molecule has 0 fully saturated rings. The lowest BCUT2D eigenvalue weighted by atomic mass is 9.62. The van der Waals surface area contributed by atoms with Gasteiger partial charge in [-0.2, -0.15) is 0 Å². The van der Waals surface area contributed by atoms with Gasteiger partial charge in [0.25, 0.3) is 0 Å². The monoisotopic (exact) mass is 872 g/mol. The van der Waals surface area contributed by atoms with Crippen LogP contribution in [0.15, 0.2) is 240 Å². The molecule has 1 aliphatic carbocycles. The number of aromatic nitrogens is 1. The number of benzene rings is 10. The third-order valence-corrected chi connectivity index (χ3v) is 16.3. The van der Waals surface area contributed by atoms with Gasteiger partial charge in [-0.3, -0.25) is 0 Å². The molecule has 0 amide bonds. The van der Waals surface area contributed by atoms with Crippen LogP contribution in [0, 0.1) is 0 Å². The fraction of sp³-hybridized carbons (Fsp3) is 0.0625. The van der Waals surface area contributed by atoms with E-state index in [1.165, 1.54) is 104 Å². The molecule has 14 rings (SSSR count). The van der Waals surface area contributed by atoms with Crippen molar-refractivity contribution in [1.29, 1.82) is 0 Å². The Morgan fingerprint density at radius 3 is 1.78 bits per heavy atom. The topological polar surface area (TPSA) is 8.17 Å². The van der Waals surface area contributed by atoms with Crippen LogP contribution in [0.4, 0.5) is 17.1 Å². The summed E-state index contributed by atoms with van der Waals surface area (Å²) in [5.41, 5.74) is 22.1. The highest BCUT2D eigenvalue weighted by Crippen LogP contribution is 2.62. The number of rotatable bonds is 5. The minimum atomic E-state index is -0.530. The Labute approximate surface area is 395 Å². The van der Waals surface area contributed by atoms with E-state index in [4.69, 9.17) is 0 Å². The Kier molecular flexibility index (Phi) is 8.21. The van der Waals surface area contributed by atoms with Crippen LogP contribution in [0.5, 0.6) is 0 Å². The second-order valence-electron chi connectivity index (χ2n) is 18.8. The van der Waals surface area contributed by atoms with E-state index < -0.39 is 5.41 Å². The lowest BCUT2D eigenvalue weighted by molar-refractivity contribution is 0.660. The Hall–Kier alpha value is -7.85. The maximum atomic E-state index is 2.52. The molecule has 0 N–H and O–H groups in total. The van der Waals surface area contributed by atoms with Gasteiger partial charge in [-0.15, -0.1) is 0 Å². The van der Waals surface area contributed by atoms with Crippen molar-refractivity contribution in [2.45, 2.75) is 34.5 Å². The van der Waals surface area contributed by atoms with E-state index >= 15 is 0 Å². The molecule has 1 spiro atoms. The highest BCUT2D eigenvalue weighted by atomic mass is 32.2. The zero-order valence-electron chi connectivity index (χ0n) is 37.2. The molecule has 2 aliphatic heterocycles. The fourth-order valence-electron chi connectivity index (χ4n) is 12.1. The average molecular weight is 873 g/mol. The van der Waals surface area contributed by atoms with E-state index in [2.05, 4.69) is 254 Å². The third-order valence-electron chi connectivity index (χ3n) is 15.1. The lowest BCUT2D eigenvalue weighted by Gasteiger charge is -2.45. The molecule has 0 bridgehead atoms. The van der Waals surface area contributed by atoms with Crippen LogP contribution in [-0.2, 0) is 10.8 Å². The molecule has 1 atom stereocenters. The minimum Gasteiger partial charge on any atom is -0.310 e. The van der Waals surface area contributed by atoms with Gasteiger partial charge < -0.3 is 9.47 Å². The molecule has 316 valence electrons. The molecule has 2 nitrogen and oxygen atoms in total. The smallest absolute Gasteiger partial charge is 0.0764 e. The van der Waals surface area contributed by atoms with Gasteiger partial charge in [0.15, 0.2) is 0 Å². The van der Waals surface area contributed by atoms with Gasteiger partial charge in [-0.25, -0.2) is 0 Å². The molecule has 0 saturated heterocycles. The number of hydrogen-bond donors (Lipinski definition) is 0. The first kappa shape index (κ1) is 38.4. The average Bonchev–Trinajstić information content (AvgIpc) is 3.84. The van der Waals surface area contributed by atoms with Gasteiger partial charge in [0.1, 0.15) is 0 Å². The third kappa shape index (κ3) is 5.35. The SMILES string of the molecule is CC1(C)c2ccccc2-c2ccc(N(c3ccc(-c4ccccc4)cc3)c3ccc(-c4cccc5c4Sc4ccccc4C54c5ccccc5-n5c6ccccc6c6cccc4c65)cc3)cc21. The molecule has 1 aromatic heterocycles. The zero-order valence-corrected chi connectivity index (χ0v) is 38.1. The Morgan fingerprint density at radius 2 is 0.955 bits per heavy atom. The summed E-state index contributed by atoms with van der Waals surface area (Å²) >= 11 is 1.91. The molecule has 67 heavy (non-hydrogen) atoms. The standard InChI is InChI=1S/C64H44N2S/c1-63(2)52-22-8-6-18-48(52)49-39-38-46(40-57(49)63)65(44-34-30-42(31-35-44)41-16-4-3-5-17-41)45-36-32-43(33-37-45)47-20-14-26-56-62(47)67-60-29-13-10-24-54(60)64(56)53-23-9-12-28-59(53)66-58-27-11-7-19-50(58)51-21-15-25-55(64)61(51)66/h3-40H,1-2H3. The number of nitrogens with zero attached hydrogens (tertiary/aromatic N) is 2. The summed E-state index contributed by atoms with van der Waals surface area (Å²) in [6, 6.07) is 86.1. The molecule has 0 saturated carbocycles. The molecule has 3 heterocycles. The zero-order chi connectivity index (χ0) is 44.4. The molecule has 1 unspecified atom stereocenters. The highest BCUT2D eigenvalue weighted by Gasteiger charge is 2.50. The summed E-state index contributed by atoms with van der Waals surface area (Å²) in [5, 5.41) is 2.58. The summed E-state index contributed by atoms with van der Waals surface area (Å²) in [6.07, 6.45) is 0. The molecule has 11 aromatic rings. The largest absolute Gasteiger partial charge is 0.310 e. The lowest BCUT2D eigenvalue weighted by Crippen LogP contribution is -2.37. The Balaban J connectivity index is 0.940. The van der Waals surface area contributed by atoms with Crippen molar-refractivity contribution in [2.75, 3.05) is 4.90 Å². The van der Waals surface area contributed by atoms with Gasteiger partial charge in [0.2, 0.25) is 0 Å². The molecule has 3 aliphatic rings. The van der Waals surface area contributed by atoms with Crippen LogP contribution in [-0.4, -0.2) is 4.57 Å². The van der Waals surface area contributed by atoms with Crippen LogP contribution >= 0.6 is 11.8 Å². The van der Waals surface area contributed by atoms with E-state index in [9.17, 15) is 0 Å². The van der Waals surface area contributed by atoms with Crippen molar-refractivity contribution in [2.24, 2.45) is 0 Å². The summed E-state index contributed by atoms with van der Waals surface area (Å²) in [4.78, 5) is 5.03. The second-order valence-corrected chi connectivity index (χ2v) is 19.8. The van der Waals surface area contributed by atoms with Crippen molar-refractivity contribution in [3.05, 3.63) is 264 Å². The predicted octanol–water partition coefficient (Wildman–Crippen LogP) is 17.1. The number of fused-ring (bicyclic) bond motifs is 14. The van der Waals surface area contributed by atoms with Gasteiger partial charge in [-0.05, 0) is 121 Å². The van der Waals surface area contributed by atoms with Crippen molar-refractivity contribution >= 4 is 50.6 Å². The maximum Gasteiger partial charge on any atom is 0.0764 e. The normalized spacial score (nSPS) is 15.7. The van der Waals surface area contributed by atoms with Crippen molar-refractivity contribution in [1.82, 2.24) is 4.57 Å². The molecular formula is C64H44N2S. The first-order valence-electron chi connectivity index (χ1n) is 23.3. The van der Waals surface area contributed by atoms with Crippen LogP contribution in [0.3, 0.4) is 0 Å². The van der Waals surface area contributed by atoms with E-state index in [1.807, 2.05) is 11.8 Å². The van der Waals surface area contributed by atoms with E-state index in [0.717, 1.165) is 17.1 Å². The quantitative estimate of drug-likeness (QED) is 0.170. The minimum absolute atomic E-state index is 0.115. The van der Waals surface area contributed by atoms with Crippen LogP contribution < -0.4 is 4.90 Å². The number of para-hydroxylation sites is 3. The highest BCUT2D eigenvalue weighted by molar-refractivity contribution is 7.99. The number of hydrogen-bond acceptors (Lipinski definition) is 2. The predicted molar refractivity (Wildman–Crippen MR) is 280 cm³/mol. The van der Waals surface area contributed by atoms with Crippen molar-refractivity contribution in [3.8, 4) is 39.1 Å². The molecule has 3 heteroatoms. The molecular weight excluding hydrogens is 829 g/mol. The second kappa shape index (κ2) is 14.3. The van der Waals surface area contributed by atoms with Crippen molar-refractivity contribution in [3.63, 3.8) is 0 Å². The van der Waals surface area contributed by atoms with Crippen LogP contribution in [0.1, 0.15) is 47.2 Å². The number of anilines is 3. The van der Waals surface area contributed by atoms with Gasteiger partial charge in [-0.1, -0.05) is 202 Å². The maximum absolute atomic E-state index is 2.52. The van der Waals surface area contributed by atoms with E-state index in [-0.39, 0.29) is 5.41 Å².